The van der Waals surface area contributed by atoms with Crippen LogP contribution in [0.2, 0.25) is 5.02 Å². The molecule has 0 unspecified atom stereocenters. The molecule has 0 fully saturated rings. The molecule has 1 atom stereocenters. The highest BCUT2D eigenvalue weighted by Crippen LogP contribution is 2.21. The van der Waals surface area contributed by atoms with Gasteiger partial charge in [-0.05, 0) is 53.9 Å². The molecule has 0 bridgehead atoms. The molecular weight excluding hydrogens is 529 g/mol. The Morgan fingerprint density at radius 2 is 1.58 bits per heavy atom. The van der Waals surface area contributed by atoms with Crippen molar-refractivity contribution in [2.45, 2.75) is 31.8 Å². The van der Waals surface area contributed by atoms with Gasteiger partial charge in [-0.25, -0.2) is 12.8 Å². The Morgan fingerprint density at radius 3 is 2.16 bits per heavy atom. The number of benzene rings is 3. The number of carbonyl (C=O) groups is 2. The van der Waals surface area contributed by atoms with Gasteiger partial charge in [-0.2, -0.15) is 0 Å². The normalized spacial score (nSPS) is 12.0. The summed E-state index contributed by atoms with van der Waals surface area (Å²) in [7, 11) is -2.14. The molecule has 1 N–H and O–H groups in total. The van der Waals surface area contributed by atoms with Crippen LogP contribution in [0.3, 0.4) is 0 Å². The Balaban J connectivity index is 1.83. The number of rotatable bonds is 12. The number of hydrogen-bond acceptors (Lipinski definition) is 4. The van der Waals surface area contributed by atoms with Crippen LogP contribution in [-0.4, -0.2) is 51.0 Å². The zero-order valence-corrected chi connectivity index (χ0v) is 22.9. The van der Waals surface area contributed by atoms with Gasteiger partial charge in [-0.15, -0.1) is 0 Å². The molecule has 0 aliphatic carbocycles. The van der Waals surface area contributed by atoms with E-state index < -0.39 is 21.9 Å². The van der Waals surface area contributed by atoms with Crippen molar-refractivity contribution in [1.82, 2.24) is 10.2 Å². The highest BCUT2D eigenvalue weighted by molar-refractivity contribution is 7.92. The van der Waals surface area contributed by atoms with Gasteiger partial charge in [0.05, 0.1) is 11.9 Å². The van der Waals surface area contributed by atoms with Crippen molar-refractivity contribution in [1.29, 1.82) is 0 Å². The summed E-state index contributed by atoms with van der Waals surface area (Å²) in [6.45, 7) is 0.197. The Bertz CT molecular complexity index is 1320. The van der Waals surface area contributed by atoms with Crippen molar-refractivity contribution in [3.05, 3.63) is 101 Å². The van der Waals surface area contributed by atoms with Gasteiger partial charge < -0.3 is 10.2 Å². The van der Waals surface area contributed by atoms with Crippen molar-refractivity contribution in [3.8, 4) is 0 Å². The molecule has 3 rings (SSSR count). The predicted octanol–water partition coefficient (Wildman–Crippen LogP) is 4.41. The van der Waals surface area contributed by atoms with Crippen LogP contribution in [0.15, 0.2) is 78.9 Å². The number of amides is 2. The van der Waals surface area contributed by atoms with Crippen molar-refractivity contribution in [2.24, 2.45) is 0 Å². The molecule has 7 nitrogen and oxygen atoms in total. The summed E-state index contributed by atoms with van der Waals surface area (Å²) >= 11 is 6.03. The Hall–Kier alpha value is -3.43. The van der Waals surface area contributed by atoms with Crippen LogP contribution in [0.5, 0.6) is 0 Å². The molecular formula is C28H31ClFN3O4S. The zero-order valence-electron chi connectivity index (χ0n) is 21.3. The van der Waals surface area contributed by atoms with E-state index in [9.17, 15) is 22.4 Å². The molecule has 3 aromatic carbocycles. The van der Waals surface area contributed by atoms with Gasteiger partial charge in [-0.1, -0.05) is 54.1 Å². The minimum atomic E-state index is -3.67. The Morgan fingerprint density at radius 1 is 0.947 bits per heavy atom. The molecule has 0 aliphatic rings. The van der Waals surface area contributed by atoms with E-state index in [4.69, 9.17) is 11.6 Å². The van der Waals surface area contributed by atoms with Crippen molar-refractivity contribution >= 4 is 39.1 Å². The van der Waals surface area contributed by atoms with Gasteiger partial charge in [0, 0.05) is 38.0 Å². The van der Waals surface area contributed by atoms with E-state index in [-0.39, 0.29) is 37.7 Å². The fourth-order valence-electron chi connectivity index (χ4n) is 4.12. The van der Waals surface area contributed by atoms with Crippen LogP contribution in [0.25, 0.3) is 0 Å². The smallest absolute Gasteiger partial charge is 0.242 e. The van der Waals surface area contributed by atoms with Crippen molar-refractivity contribution < 1.29 is 22.4 Å². The minimum Gasteiger partial charge on any atom is -0.357 e. The standard InChI is InChI=1S/C28H31ClFN3O4S/c1-31-28(35)26(19-21-7-4-3-5-8-21)32(20-22-10-12-23(29)13-11-22)27(34)9-6-18-33(38(2,36)37)25-16-14-24(30)15-17-25/h3-5,7-8,10-17,26H,6,9,18-20H2,1-2H3,(H,31,35)/t26-/m1/s1. The van der Waals surface area contributed by atoms with E-state index in [2.05, 4.69) is 5.32 Å². The van der Waals surface area contributed by atoms with Crippen molar-refractivity contribution in [3.63, 3.8) is 0 Å². The highest BCUT2D eigenvalue weighted by Gasteiger charge is 2.30. The van der Waals surface area contributed by atoms with E-state index in [0.717, 1.165) is 21.7 Å². The molecule has 3 aromatic rings. The van der Waals surface area contributed by atoms with E-state index in [1.165, 1.54) is 36.2 Å². The van der Waals surface area contributed by atoms with Gasteiger partial charge in [-0.3, -0.25) is 13.9 Å². The molecule has 0 saturated heterocycles. The van der Waals surface area contributed by atoms with E-state index in [1.54, 1.807) is 24.3 Å². The number of halogens is 2. The highest BCUT2D eigenvalue weighted by atomic mass is 35.5. The lowest BCUT2D eigenvalue weighted by Gasteiger charge is -2.31. The third-order valence-corrected chi connectivity index (χ3v) is 7.50. The summed E-state index contributed by atoms with van der Waals surface area (Å²) in [5.41, 5.74) is 2.01. The number of nitrogens with zero attached hydrogens (tertiary/aromatic N) is 2. The number of carbonyl (C=O) groups excluding carboxylic acids is 2. The predicted molar refractivity (Wildman–Crippen MR) is 148 cm³/mol. The maximum absolute atomic E-state index is 13.6. The summed E-state index contributed by atoms with van der Waals surface area (Å²) in [6, 6.07) is 20.8. The van der Waals surface area contributed by atoms with E-state index >= 15 is 0 Å². The lowest BCUT2D eigenvalue weighted by molar-refractivity contribution is -0.141. The van der Waals surface area contributed by atoms with Gasteiger partial charge in [0.15, 0.2) is 0 Å². The first kappa shape index (κ1) is 29.1. The number of sulfonamides is 1. The zero-order chi connectivity index (χ0) is 27.7. The fourth-order valence-corrected chi connectivity index (χ4v) is 5.21. The molecule has 0 aromatic heterocycles. The van der Waals surface area contributed by atoms with Gasteiger partial charge in [0.2, 0.25) is 21.8 Å². The molecule has 10 heteroatoms. The Kier molecular flexibility index (Phi) is 10.3. The number of anilines is 1. The van der Waals surface area contributed by atoms with E-state index in [0.29, 0.717) is 17.1 Å². The second-order valence-electron chi connectivity index (χ2n) is 8.88. The Labute approximate surface area is 228 Å². The largest absolute Gasteiger partial charge is 0.357 e. The molecule has 0 saturated carbocycles. The first-order chi connectivity index (χ1) is 18.1. The third-order valence-electron chi connectivity index (χ3n) is 6.05. The molecule has 0 aliphatic heterocycles. The molecule has 38 heavy (non-hydrogen) atoms. The summed E-state index contributed by atoms with van der Waals surface area (Å²) in [5, 5.41) is 3.22. The monoisotopic (exact) mass is 559 g/mol. The van der Waals surface area contributed by atoms with Crippen molar-refractivity contribution in [2.75, 3.05) is 24.2 Å². The van der Waals surface area contributed by atoms with Gasteiger partial charge in [0.1, 0.15) is 11.9 Å². The number of nitrogens with one attached hydrogen (secondary N) is 1. The number of likely N-dealkylation sites (N-methyl/N-ethyl adjacent to an activating group) is 1. The topological polar surface area (TPSA) is 86.8 Å². The number of hydrogen-bond donors (Lipinski definition) is 1. The van der Waals surface area contributed by atoms with Crippen LogP contribution < -0.4 is 9.62 Å². The second-order valence-corrected chi connectivity index (χ2v) is 11.2. The third kappa shape index (κ3) is 8.29. The van der Waals surface area contributed by atoms with Crippen LogP contribution in [-0.2, 0) is 32.6 Å². The fraction of sp³-hybridized carbons (Fsp3) is 0.286. The quantitative estimate of drug-likeness (QED) is 0.356. The summed E-state index contributed by atoms with van der Waals surface area (Å²) in [6.07, 6.45) is 1.58. The average Bonchev–Trinajstić information content (AvgIpc) is 2.89. The summed E-state index contributed by atoms with van der Waals surface area (Å²) in [4.78, 5) is 28.1. The maximum atomic E-state index is 13.6. The minimum absolute atomic E-state index is 0.00306. The molecule has 2 amide bonds. The SMILES string of the molecule is CNC(=O)[C@@H](Cc1ccccc1)N(Cc1ccc(Cl)cc1)C(=O)CCCN(c1ccc(F)cc1)S(C)(=O)=O. The molecule has 0 spiro atoms. The first-order valence-electron chi connectivity index (χ1n) is 12.1. The van der Waals surface area contributed by atoms with Crippen LogP contribution >= 0.6 is 11.6 Å². The molecule has 0 radical (unpaired) electrons. The lowest BCUT2D eigenvalue weighted by Crippen LogP contribution is -2.49. The van der Waals surface area contributed by atoms with Crippen LogP contribution in [0, 0.1) is 5.82 Å². The average molecular weight is 560 g/mol. The van der Waals surface area contributed by atoms with E-state index in [1.807, 2.05) is 30.3 Å². The molecule has 0 heterocycles. The van der Waals surface area contributed by atoms with Crippen LogP contribution in [0.1, 0.15) is 24.0 Å². The maximum Gasteiger partial charge on any atom is 0.242 e. The van der Waals surface area contributed by atoms with Gasteiger partial charge in [0.25, 0.3) is 0 Å². The van der Waals surface area contributed by atoms with Crippen LogP contribution in [0.4, 0.5) is 10.1 Å². The second kappa shape index (κ2) is 13.4. The first-order valence-corrected chi connectivity index (χ1v) is 14.3. The summed E-state index contributed by atoms with van der Waals surface area (Å²) in [5.74, 6) is -1.08. The van der Waals surface area contributed by atoms with Gasteiger partial charge >= 0.3 is 0 Å². The molecule has 202 valence electrons. The lowest BCUT2D eigenvalue weighted by atomic mass is 10.0. The summed E-state index contributed by atoms with van der Waals surface area (Å²) < 4.78 is 39.3.